The Morgan fingerprint density at radius 2 is 1.56 bits per heavy atom. The fourth-order valence-corrected chi connectivity index (χ4v) is 3.41. The van der Waals surface area contributed by atoms with Crippen LogP contribution in [0, 0.1) is 11.6 Å². The number of benzene rings is 3. The van der Waals surface area contributed by atoms with Crippen molar-refractivity contribution < 1.29 is 23.1 Å². The lowest BCUT2D eigenvalue weighted by Gasteiger charge is -2.15. The predicted molar refractivity (Wildman–Crippen MR) is 118 cm³/mol. The summed E-state index contributed by atoms with van der Waals surface area (Å²) in [6, 6.07) is 17.6. The number of rotatable bonds is 7. The van der Waals surface area contributed by atoms with Gasteiger partial charge in [-0.2, -0.15) is 0 Å². The first kappa shape index (κ1) is 21.2. The Hall–Kier alpha value is -4.00. The van der Waals surface area contributed by atoms with Crippen LogP contribution in [-0.2, 0) is 9.59 Å². The number of amides is 2. The lowest BCUT2D eigenvalue weighted by atomic mass is 10.0. The average Bonchev–Trinajstić information content (AvgIpc) is 3.02. The van der Waals surface area contributed by atoms with E-state index >= 15 is 0 Å². The van der Waals surface area contributed by atoms with Crippen molar-refractivity contribution in [3.8, 4) is 5.75 Å². The van der Waals surface area contributed by atoms with Crippen LogP contribution in [-0.4, -0.2) is 18.4 Å². The van der Waals surface area contributed by atoms with Gasteiger partial charge in [-0.3, -0.25) is 9.59 Å². The molecule has 7 heteroatoms. The van der Waals surface area contributed by atoms with Crippen LogP contribution in [0.4, 0.5) is 20.2 Å². The molecule has 5 nitrogen and oxygen atoms in total. The number of imide groups is 1. The number of nitrogens with one attached hydrogen (secondary N) is 1. The molecule has 1 N–H and O–H groups in total. The van der Waals surface area contributed by atoms with Gasteiger partial charge in [0, 0.05) is 5.69 Å². The van der Waals surface area contributed by atoms with E-state index in [-0.39, 0.29) is 17.0 Å². The fraction of sp³-hybridized carbons (Fsp3) is 0.120. The molecule has 0 spiro atoms. The van der Waals surface area contributed by atoms with Gasteiger partial charge in [0.2, 0.25) is 0 Å². The molecule has 162 valence electrons. The zero-order valence-electron chi connectivity index (χ0n) is 17.3. The summed E-state index contributed by atoms with van der Waals surface area (Å²) in [5.41, 5.74) is 0.974. The smallest absolute Gasteiger partial charge is 0.282 e. The zero-order chi connectivity index (χ0) is 22.7. The van der Waals surface area contributed by atoms with Crippen LogP contribution in [0.5, 0.6) is 5.75 Å². The molecule has 2 amide bonds. The van der Waals surface area contributed by atoms with Crippen molar-refractivity contribution in [1.82, 2.24) is 0 Å². The van der Waals surface area contributed by atoms with Gasteiger partial charge >= 0.3 is 0 Å². The number of anilines is 2. The first-order valence-electron chi connectivity index (χ1n) is 10.1. The summed E-state index contributed by atoms with van der Waals surface area (Å²) in [6.07, 6.45) is 0.851. The van der Waals surface area contributed by atoms with Crippen LogP contribution in [0.25, 0.3) is 5.57 Å². The molecule has 3 aromatic carbocycles. The van der Waals surface area contributed by atoms with E-state index in [9.17, 15) is 18.4 Å². The normalized spacial score (nSPS) is 13.7. The first-order valence-corrected chi connectivity index (χ1v) is 10.1. The second-order valence-electron chi connectivity index (χ2n) is 7.18. The Kier molecular flexibility index (Phi) is 5.98. The maximum Gasteiger partial charge on any atom is 0.282 e. The third kappa shape index (κ3) is 4.23. The Morgan fingerprint density at radius 1 is 0.875 bits per heavy atom. The molecule has 1 aliphatic heterocycles. The molecule has 32 heavy (non-hydrogen) atoms. The Bertz CT molecular complexity index is 1210. The number of hydrogen-bond acceptors (Lipinski definition) is 4. The highest BCUT2D eigenvalue weighted by Crippen LogP contribution is 2.34. The summed E-state index contributed by atoms with van der Waals surface area (Å²) >= 11 is 0. The molecule has 0 radical (unpaired) electrons. The zero-order valence-corrected chi connectivity index (χ0v) is 17.3. The topological polar surface area (TPSA) is 58.6 Å². The van der Waals surface area contributed by atoms with Gasteiger partial charge in [0.1, 0.15) is 23.1 Å². The highest BCUT2D eigenvalue weighted by atomic mass is 19.1. The number of carbonyl (C=O) groups excluding carboxylic acids is 2. The largest absolute Gasteiger partial charge is 0.494 e. The molecule has 0 atom stereocenters. The summed E-state index contributed by atoms with van der Waals surface area (Å²) in [5, 5.41) is 2.88. The van der Waals surface area contributed by atoms with Crippen LogP contribution in [0.3, 0.4) is 0 Å². The van der Waals surface area contributed by atoms with E-state index < -0.39 is 23.4 Å². The van der Waals surface area contributed by atoms with Crippen molar-refractivity contribution in [3.63, 3.8) is 0 Å². The van der Waals surface area contributed by atoms with E-state index in [4.69, 9.17) is 4.74 Å². The van der Waals surface area contributed by atoms with Crippen LogP contribution < -0.4 is 15.0 Å². The highest BCUT2D eigenvalue weighted by Gasteiger charge is 2.40. The molecule has 4 rings (SSSR count). The molecule has 0 aliphatic carbocycles. The minimum absolute atomic E-state index is 0.0212. The second-order valence-corrected chi connectivity index (χ2v) is 7.18. The second kappa shape index (κ2) is 9.01. The maximum atomic E-state index is 13.8. The molecule has 0 aromatic heterocycles. The average molecular weight is 434 g/mol. The Morgan fingerprint density at radius 3 is 2.22 bits per heavy atom. The standard InChI is InChI=1S/C25H20F2N2O3/c1-2-13-32-21-11-9-16(10-12-21)22-23(28-19-7-3-5-17(26)14-19)25(31)29(24(22)30)20-8-4-6-18(27)15-20/h3-12,14-15,28H,2,13H2,1H3. The van der Waals surface area contributed by atoms with E-state index in [0.717, 1.165) is 17.4 Å². The van der Waals surface area contributed by atoms with Crippen molar-refractivity contribution in [2.24, 2.45) is 0 Å². The summed E-state index contributed by atoms with van der Waals surface area (Å²) in [7, 11) is 0. The summed E-state index contributed by atoms with van der Waals surface area (Å²) in [5.74, 6) is -1.70. The molecule has 0 unspecified atom stereocenters. The highest BCUT2D eigenvalue weighted by molar-refractivity contribution is 6.46. The number of nitrogens with zero attached hydrogens (tertiary/aromatic N) is 1. The van der Waals surface area contributed by atoms with Gasteiger partial charge in [0.05, 0.1) is 17.9 Å². The molecule has 0 fully saturated rings. The molecule has 0 bridgehead atoms. The van der Waals surface area contributed by atoms with Gasteiger partial charge in [0.15, 0.2) is 0 Å². The number of carbonyl (C=O) groups is 2. The molecule has 1 aliphatic rings. The minimum Gasteiger partial charge on any atom is -0.494 e. The van der Waals surface area contributed by atoms with E-state index in [0.29, 0.717) is 23.6 Å². The van der Waals surface area contributed by atoms with Crippen molar-refractivity contribution in [1.29, 1.82) is 0 Å². The van der Waals surface area contributed by atoms with Gasteiger partial charge in [-0.15, -0.1) is 0 Å². The number of halogens is 2. The number of ether oxygens (including phenoxy) is 1. The van der Waals surface area contributed by atoms with Crippen LogP contribution in [0.2, 0.25) is 0 Å². The molecule has 0 saturated heterocycles. The summed E-state index contributed by atoms with van der Waals surface area (Å²) in [6.45, 7) is 2.55. The maximum absolute atomic E-state index is 13.8. The molecular formula is C25H20F2N2O3. The third-order valence-electron chi connectivity index (χ3n) is 4.86. The van der Waals surface area contributed by atoms with Gasteiger partial charge in [0.25, 0.3) is 11.8 Å². The van der Waals surface area contributed by atoms with Gasteiger partial charge < -0.3 is 10.1 Å². The van der Waals surface area contributed by atoms with Gasteiger partial charge in [-0.1, -0.05) is 31.2 Å². The van der Waals surface area contributed by atoms with Gasteiger partial charge in [-0.25, -0.2) is 13.7 Å². The fourth-order valence-electron chi connectivity index (χ4n) is 3.41. The lowest BCUT2D eigenvalue weighted by Crippen LogP contribution is -2.32. The van der Waals surface area contributed by atoms with E-state index in [1.165, 1.54) is 36.4 Å². The summed E-state index contributed by atoms with van der Waals surface area (Å²) in [4.78, 5) is 27.5. The Balaban J connectivity index is 1.77. The Labute approximate surface area is 183 Å². The predicted octanol–water partition coefficient (Wildman–Crippen LogP) is 5.15. The molecule has 1 heterocycles. The third-order valence-corrected chi connectivity index (χ3v) is 4.86. The van der Waals surface area contributed by atoms with Crippen molar-refractivity contribution in [2.45, 2.75) is 13.3 Å². The lowest BCUT2D eigenvalue weighted by molar-refractivity contribution is -0.120. The minimum atomic E-state index is -0.661. The molecule has 0 saturated carbocycles. The quantitative estimate of drug-likeness (QED) is 0.523. The monoisotopic (exact) mass is 434 g/mol. The van der Waals surface area contributed by atoms with E-state index in [1.54, 1.807) is 30.3 Å². The molecular weight excluding hydrogens is 414 g/mol. The van der Waals surface area contributed by atoms with Crippen molar-refractivity contribution >= 4 is 28.8 Å². The van der Waals surface area contributed by atoms with E-state index in [1.807, 2.05) is 6.92 Å². The van der Waals surface area contributed by atoms with Crippen LogP contribution in [0.1, 0.15) is 18.9 Å². The van der Waals surface area contributed by atoms with Crippen molar-refractivity contribution in [2.75, 3.05) is 16.8 Å². The summed E-state index contributed by atoms with van der Waals surface area (Å²) < 4.78 is 33.1. The SMILES string of the molecule is CCCOc1ccc(C2=C(Nc3cccc(F)c3)C(=O)N(c3cccc(F)c3)C2=O)cc1. The van der Waals surface area contributed by atoms with Crippen LogP contribution in [0.15, 0.2) is 78.5 Å². The molecule has 3 aromatic rings. The van der Waals surface area contributed by atoms with E-state index in [2.05, 4.69) is 5.32 Å². The first-order chi connectivity index (χ1) is 15.5. The van der Waals surface area contributed by atoms with Gasteiger partial charge in [-0.05, 0) is 60.5 Å². The van der Waals surface area contributed by atoms with Crippen molar-refractivity contribution in [3.05, 3.63) is 95.7 Å². The number of hydrogen-bond donors (Lipinski definition) is 1. The van der Waals surface area contributed by atoms with Crippen LogP contribution >= 0.6 is 0 Å².